The molecule has 126 valence electrons. The Bertz CT molecular complexity index is 438. The maximum absolute atomic E-state index is 5.91. The minimum Gasteiger partial charge on any atom is -0.491 e. The van der Waals surface area contributed by atoms with Crippen molar-refractivity contribution in [1.82, 2.24) is 0 Å². The molecule has 0 saturated heterocycles. The quantitative estimate of drug-likeness (QED) is 0.469. The van der Waals surface area contributed by atoms with Crippen molar-refractivity contribution in [2.45, 2.75) is 72.7 Å². The van der Waals surface area contributed by atoms with Gasteiger partial charge in [0, 0.05) is 0 Å². The van der Waals surface area contributed by atoms with Crippen molar-refractivity contribution in [3.05, 3.63) is 29.3 Å². The molecule has 1 aromatic rings. The molecule has 0 aliphatic heterocycles. The lowest BCUT2D eigenvalue weighted by Gasteiger charge is -2.19. The van der Waals surface area contributed by atoms with Crippen LogP contribution in [0.3, 0.4) is 0 Å². The maximum atomic E-state index is 5.91. The van der Waals surface area contributed by atoms with Crippen LogP contribution in [0.2, 0.25) is 0 Å². The summed E-state index contributed by atoms with van der Waals surface area (Å²) in [5.74, 6) is 1.93. The highest BCUT2D eigenvalue weighted by molar-refractivity contribution is 5.40. The fourth-order valence-electron chi connectivity index (χ4n) is 2.30. The molecule has 3 nitrogen and oxygen atoms in total. The Kier molecular flexibility index (Phi) is 7.91. The lowest BCUT2D eigenvalue weighted by Crippen LogP contribution is -2.20. The molecule has 1 aromatic carbocycles. The van der Waals surface area contributed by atoms with Gasteiger partial charge in [-0.05, 0) is 49.8 Å². The Hall–Kier alpha value is -1.06. The van der Waals surface area contributed by atoms with Crippen LogP contribution in [0.15, 0.2) is 18.2 Å². The fourth-order valence-corrected chi connectivity index (χ4v) is 2.30. The van der Waals surface area contributed by atoms with Gasteiger partial charge in [-0.25, -0.2) is 0 Å². The molecule has 0 heterocycles. The van der Waals surface area contributed by atoms with E-state index in [0.717, 1.165) is 5.75 Å². The van der Waals surface area contributed by atoms with Crippen molar-refractivity contribution < 1.29 is 14.2 Å². The standard InChI is InChI=1S/C19H32O3/c1-13(2)17-8-9-19(18(12-17)14(3)4)21-11-10-20-16(7)22-15(5)6/h8-9,12-16H,10-11H2,1-7H3. The molecule has 0 aromatic heterocycles. The Balaban J connectivity index is 2.55. The second-order valence-corrected chi connectivity index (χ2v) is 6.58. The summed E-state index contributed by atoms with van der Waals surface area (Å²) in [5, 5.41) is 0. The predicted molar refractivity (Wildman–Crippen MR) is 91.8 cm³/mol. The monoisotopic (exact) mass is 308 g/mol. The molecule has 1 atom stereocenters. The number of hydrogen-bond acceptors (Lipinski definition) is 3. The van der Waals surface area contributed by atoms with Gasteiger partial charge in [0.1, 0.15) is 12.4 Å². The van der Waals surface area contributed by atoms with E-state index in [4.69, 9.17) is 14.2 Å². The van der Waals surface area contributed by atoms with Crippen molar-refractivity contribution in [2.75, 3.05) is 13.2 Å². The van der Waals surface area contributed by atoms with Crippen LogP contribution in [-0.4, -0.2) is 25.6 Å². The average Bonchev–Trinajstić information content (AvgIpc) is 2.42. The Morgan fingerprint density at radius 1 is 0.864 bits per heavy atom. The molecule has 0 aliphatic rings. The summed E-state index contributed by atoms with van der Waals surface area (Å²) in [6.07, 6.45) is -0.0245. The zero-order valence-electron chi connectivity index (χ0n) is 15.2. The van der Waals surface area contributed by atoms with E-state index in [1.165, 1.54) is 11.1 Å². The van der Waals surface area contributed by atoms with Crippen molar-refractivity contribution in [3.8, 4) is 5.75 Å². The molecule has 1 rings (SSSR count). The van der Waals surface area contributed by atoms with E-state index in [1.54, 1.807) is 0 Å². The first kappa shape index (κ1) is 19.0. The van der Waals surface area contributed by atoms with Gasteiger partial charge < -0.3 is 14.2 Å². The van der Waals surface area contributed by atoms with Gasteiger partial charge in [-0.3, -0.25) is 0 Å². The summed E-state index contributed by atoms with van der Waals surface area (Å²) in [6, 6.07) is 6.49. The number of hydrogen-bond donors (Lipinski definition) is 0. The molecule has 22 heavy (non-hydrogen) atoms. The van der Waals surface area contributed by atoms with Gasteiger partial charge in [-0.1, -0.05) is 39.8 Å². The first-order valence-corrected chi connectivity index (χ1v) is 8.35. The molecule has 0 aliphatic carbocycles. The number of rotatable bonds is 9. The first-order chi connectivity index (χ1) is 10.3. The lowest BCUT2D eigenvalue weighted by atomic mass is 9.95. The third-order valence-corrected chi connectivity index (χ3v) is 3.48. The topological polar surface area (TPSA) is 27.7 Å². The molecule has 1 unspecified atom stereocenters. The molecule has 0 N–H and O–H groups in total. The second kappa shape index (κ2) is 9.16. The van der Waals surface area contributed by atoms with Gasteiger partial charge in [-0.15, -0.1) is 0 Å². The van der Waals surface area contributed by atoms with E-state index >= 15 is 0 Å². The van der Waals surface area contributed by atoms with Crippen LogP contribution in [0.25, 0.3) is 0 Å². The molecular weight excluding hydrogens is 276 g/mol. The van der Waals surface area contributed by atoms with E-state index in [1.807, 2.05) is 20.8 Å². The van der Waals surface area contributed by atoms with Crippen molar-refractivity contribution in [1.29, 1.82) is 0 Å². The van der Waals surface area contributed by atoms with Crippen molar-refractivity contribution in [3.63, 3.8) is 0 Å². The minimum atomic E-state index is -0.198. The molecule has 0 bridgehead atoms. The normalized spacial score (nSPS) is 13.2. The summed E-state index contributed by atoms with van der Waals surface area (Å²) < 4.78 is 17.0. The first-order valence-electron chi connectivity index (χ1n) is 8.35. The number of benzene rings is 1. The van der Waals surface area contributed by atoms with Gasteiger partial charge in [0.25, 0.3) is 0 Å². The summed E-state index contributed by atoms with van der Waals surface area (Å²) in [7, 11) is 0. The van der Waals surface area contributed by atoms with E-state index in [9.17, 15) is 0 Å². The van der Waals surface area contributed by atoms with Gasteiger partial charge in [0.15, 0.2) is 6.29 Å². The molecular formula is C19H32O3. The molecule has 0 amide bonds. The largest absolute Gasteiger partial charge is 0.491 e. The Labute approximate surface area is 136 Å². The van der Waals surface area contributed by atoms with Crippen LogP contribution in [0, 0.1) is 0 Å². The van der Waals surface area contributed by atoms with Crippen LogP contribution < -0.4 is 4.74 Å². The van der Waals surface area contributed by atoms with Crippen LogP contribution in [0.5, 0.6) is 5.75 Å². The zero-order chi connectivity index (χ0) is 16.7. The summed E-state index contributed by atoms with van der Waals surface area (Å²) >= 11 is 0. The Morgan fingerprint density at radius 3 is 2.09 bits per heavy atom. The molecule has 0 spiro atoms. The third-order valence-electron chi connectivity index (χ3n) is 3.48. The maximum Gasteiger partial charge on any atom is 0.155 e. The van der Waals surface area contributed by atoms with Gasteiger partial charge in [0.2, 0.25) is 0 Å². The molecule has 0 radical (unpaired) electrons. The van der Waals surface area contributed by atoms with E-state index < -0.39 is 0 Å². The van der Waals surface area contributed by atoms with E-state index in [2.05, 4.69) is 45.9 Å². The second-order valence-electron chi connectivity index (χ2n) is 6.58. The molecule has 3 heteroatoms. The van der Waals surface area contributed by atoms with E-state index in [0.29, 0.717) is 25.0 Å². The summed E-state index contributed by atoms with van der Waals surface area (Å²) in [4.78, 5) is 0. The van der Waals surface area contributed by atoms with E-state index in [-0.39, 0.29) is 12.4 Å². The third kappa shape index (κ3) is 6.37. The van der Waals surface area contributed by atoms with Crippen molar-refractivity contribution in [2.24, 2.45) is 0 Å². The van der Waals surface area contributed by atoms with Crippen LogP contribution >= 0.6 is 0 Å². The lowest BCUT2D eigenvalue weighted by molar-refractivity contribution is -0.154. The van der Waals surface area contributed by atoms with Crippen LogP contribution in [0.4, 0.5) is 0 Å². The minimum absolute atomic E-state index is 0.173. The highest BCUT2D eigenvalue weighted by Crippen LogP contribution is 2.30. The number of ether oxygens (including phenoxy) is 3. The zero-order valence-corrected chi connectivity index (χ0v) is 15.2. The highest BCUT2D eigenvalue weighted by atomic mass is 16.7. The Morgan fingerprint density at radius 2 is 1.55 bits per heavy atom. The average molecular weight is 308 g/mol. The van der Waals surface area contributed by atoms with Crippen molar-refractivity contribution >= 4 is 0 Å². The molecule has 0 fully saturated rings. The van der Waals surface area contributed by atoms with Gasteiger partial charge in [-0.2, -0.15) is 0 Å². The van der Waals surface area contributed by atoms with Crippen LogP contribution in [0.1, 0.15) is 71.4 Å². The predicted octanol–water partition coefficient (Wildman–Crippen LogP) is 5.10. The SMILES string of the molecule is CC(C)OC(C)OCCOc1ccc(C(C)C)cc1C(C)C. The smallest absolute Gasteiger partial charge is 0.155 e. The van der Waals surface area contributed by atoms with Crippen LogP contribution in [-0.2, 0) is 9.47 Å². The fraction of sp³-hybridized carbons (Fsp3) is 0.684. The summed E-state index contributed by atoms with van der Waals surface area (Å²) in [5.41, 5.74) is 2.61. The molecule has 0 saturated carbocycles. The highest BCUT2D eigenvalue weighted by Gasteiger charge is 2.11. The summed E-state index contributed by atoms with van der Waals surface area (Å²) in [6.45, 7) is 15.8. The van der Waals surface area contributed by atoms with Gasteiger partial charge in [0.05, 0.1) is 12.7 Å². The van der Waals surface area contributed by atoms with Gasteiger partial charge >= 0.3 is 0 Å².